The van der Waals surface area contributed by atoms with Gasteiger partial charge in [-0.1, -0.05) is 35.9 Å². The summed E-state index contributed by atoms with van der Waals surface area (Å²) in [5.41, 5.74) is 1.47. The summed E-state index contributed by atoms with van der Waals surface area (Å²) in [7, 11) is 1.58. The van der Waals surface area contributed by atoms with E-state index in [1.54, 1.807) is 31.4 Å². The molecule has 0 aliphatic heterocycles. The van der Waals surface area contributed by atoms with E-state index in [0.29, 0.717) is 17.1 Å². The maximum Gasteiger partial charge on any atom is 0.306 e. The first-order valence-electron chi connectivity index (χ1n) is 7.87. The molecule has 0 saturated carbocycles. The minimum atomic E-state index is -0.899. The summed E-state index contributed by atoms with van der Waals surface area (Å²) in [6, 6.07) is 14.2. The highest BCUT2D eigenvalue weighted by Gasteiger charge is 2.18. The van der Waals surface area contributed by atoms with E-state index < -0.39 is 18.0 Å². The van der Waals surface area contributed by atoms with Crippen molar-refractivity contribution in [3.8, 4) is 5.75 Å². The van der Waals surface area contributed by atoms with Gasteiger partial charge in [-0.2, -0.15) is 0 Å². The Bertz CT molecular complexity index is 748. The second-order valence-electron chi connectivity index (χ2n) is 5.44. The molecule has 1 amide bonds. The number of amides is 1. The van der Waals surface area contributed by atoms with Gasteiger partial charge in [0.05, 0.1) is 7.11 Å². The summed E-state index contributed by atoms with van der Waals surface area (Å²) in [6.45, 7) is 1.53. The number of nitrogens with one attached hydrogen (secondary N) is 1. The maximum absolute atomic E-state index is 12.1. The van der Waals surface area contributed by atoms with E-state index in [0.717, 1.165) is 11.3 Å². The minimum absolute atomic E-state index is 0.162. The fraction of sp³-hybridized carbons (Fsp3) is 0.263. The van der Waals surface area contributed by atoms with Gasteiger partial charge in [0, 0.05) is 17.1 Å². The lowest BCUT2D eigenvalue weighted by atomic mass is 10.1. The van der Waals surface area contributed by atoms with Crippen LogP contribution in [0.25, 0.3) is 0 Å². The molecule has 2 aromatic rings. The van der Waals surface area contributed by atoms with E-state index in [1.165, 1.54) is 6.92 Å². The first kappa shape index (κ1) is 18.8. The van der Waals surface area contributed by atoms with Gasteiger partial charge in [0.15, 0.2) is 6.10 Å². The number of hydrogen-bond donors (Lipinski definition) is 1. The molecule has 0 aliphatic carbocycles. The molecule has 1 N–H and O–H groups in total. The van der Waals surface area contributed by atoms with Gasteiger partial charge >= 0.3 is 5.97 Å². The standard InChI is InChI=1S/C19H20ClNO4/c1-13(19(23)21-16-8-5-7-15(20)12-16)25-18(22)11-10-14-6-3-4-9-17(14)24-2/h3-9,12-13H,10-11H2,1-2H3,(H,21,23). The van der Waals surface area contributed by atoms with Crippen molar-refractivity contribution in [3.63, 3.8) is 0 Å². The number of benzene rings is 2. The first-order valence-corrected chi connectivity index (χ1v) is 8.25. The molecule has 2 aromatic carbocycles. The Labute approximate surface area is 151 Å². The van der Waals surface area contributed by atoms with Crippen LogP contribution in [0.5, 0.6) is 5.75 Å². The fourth-order valence-electron chi connectivity index (χ4n) is 2.27. The second kappa shape index (κ2) is 9.08. The molecule has 0 spiro atoms. The molecule has 0 bridgehead atoms. The zero-order valence-electron chi connectivity index (χ0n) is 14.1. The number of aryl methyl sites for hydroxylation is 1. The predicted molar refractivity (Wildman–Crippen MR) is 97.0 cm³/mol. The molecule has 1 unspecified atom stereocenters. The number of carbonyl (C=O) groups is 2. The van der Waals surface area contributed by atoms with Crippen molar-refractivity contribution >= 4 is 29.2 Å². The number of hydrogen-bond acceptors (Lipinski definition) is 4. The molecule has 0 radical (unpaired) electrons. The number of carbonyl (C=O) groups excluding carboxylic acids is 2. The van der Waals surface area contributed by atoms with E-state index in [-0.39, 0.29) is 6.42 Å². The molecule has 0 saturated heterocycles. The molecule has 5 nitrogen and oxygen atoms in total. The topological polar surface area (TPSA) is 64.6 Å². The Hall–Kier alpha value is -2.53. The zero-order valence-corrected chi connectivity index (χ0v) is 14.9. The van der Waals surface area contributed by atoms with Crippen molar-refractivity contribution in [1.82, 2.24) is 0 Å². The number of anilines is 1. The summed E-state index contributed by atoms with van der Waals surface area (Å²) >= 11 is 5.87. The fourth-order valence-corrected chi connectivity index (χ4v) is 2.46. The van der Waals surface area contributed by atoms with Gasteiger partial charge in [0.2, 0.25) is 0 Å². The normalized spacial score (nSPS) is 11.5. The third-order valence-electron chi connectivity index (χ3n) is 3.56. The monoisotopic (exact) mass is 361 g/mol. The third kappa shape index (κ3) is 5.80. The summed E-state index contributed by atoms with van der Waals surface area (Å²) in [5, 5.41) is 3.17. The van der Waals surface area contributed by atoms with Gasteiger partial charge in [-0.15, -0.1) is 0 Å². The van der Waals surface area contributed by atoms with Crippen molar-refractivity contribution in [2.45, 2.75) is 25.9 Å². The minimum Gasteiger partial charge on any atom is -0.496 e. The molecular weight excluding hydrogens is 342 g/mol. The van der Waals surface area contributed by atoms with Gasteiger partial charge < -0.3 is 14.8 Å². The highest BCUT2D eigenvalue weighted by atomic mass is 35.5. The van der Waals surface area contributed by atoms with Gasteiger partial charge in [-0.25, -0.2) is 0 Å². The Morgan fingerprint density at radius 3 is 2.64 bits per heavy atom. The van der Waals surface area contributed by atoms with E-state index in [2.05, 4.69) is 5.32 Å². The lowest BCUT2D eigenvalue weighted by molar-refractivity contribution is -0.153. The number of esters is 1. The van der Waals surface area contributed by atoms with Crippen molar-refractivity contribution in [2.24, 2.45) is 0 Å². The second-order valence-corrected chi connectivity index (χ2v) is 5.88. The number of methoxy groups -OCH3 is 1. The molecule has 132 valence electrons. The van der Waals surface area contributed by atoms with Gasteiger partial charge in [-0.05, 0) is 43.2 Å². The van der Waals surface area contributed by atoms with Crippen molar-refractivity contribution in [1.29, 1.82) is 0 Å². The predicted octanol–water partition coefficient (Wildman–Crippen LogP) is 3.85. The number of halogens is 1. The van der Waals surface area contributed by atoms with Crippen LogP contribution in [0, 0.1) is 0 Å². The maximum atomic E-state index is 12.1. The van der Waals surface area contributed by atoms with Crippen LogP contribution in [0.1, 0.15) is 18.9 Å². The highest BCUT2D eigenvalue weighted by molar-refractivity contribution is 6.30. The number of rotatable bonds is 7. The van der Waals surface area contributed by atoms with Crippen LogP contribution >= 0.6 is 11.6 Å². The van der Waals surface area contributed by atoms with Crippen LogP contribution in [0.2, 0.25) is 5.02 Å². The molecule has 25 heavy (non-hydrogen) atoms. The number of para-hydroxylation sites is 1. The van der Waals surface area contributed by atoms with Crippen LogP contribution in [0.3, 0.4) is 0 Å². The molecule has 2 rings (SSSR count). The van der Waals surface area contributed by atoms with Crippen LogP contribution in [-0.4, -0.2) is 25.1 Å². The van der Waals surface area contributed by atoms with Crippen LogP contribution in [0.15, 0.2) is 48.5 Å². The molecule has 0 heterocycles. The molecule has 0 fully saturated rings. The van der Waals surface area contributed by atoms with Crippen LogP contribution in [-0.2, 0) is 20.7 Å². The number of ether oxygens (including phenoxy) is 2. The van der Waals surface area contributed by atoms with Crippen LogP contribution in [0.4, 0.5) is 5.69 Å². The van der Waals surface area contributed by atoms with Gasteiger partial charge in [0.1, 0.15) is 5.75 Å². The average molecular weight is 362 g/mol. The highest BCUT2D eigenvalue weighted by Crippen LogP contribution is 2.19. The van der Waals surface area contributed by atoms with Crippen LogP contribution < -0.4 is 10.1 Å². The quantitative estimate of drug-likeness (QED) is 0.761. The lowest BCUT2D eigenvalue weighted by Crippen LogP contribution is -2.30. The molecule has 0 aliphatic rings. The summed E-state index contributed by atoms with van der Waals surface area (Å²) < 4.78 is 10.4. The average Bonchev–Trinajstić information content (AvgIpc) is 2.60. The zero-order chi connectivity index (χ0) is 18.2. The third-order valence-corrected chi connectivity index (χ3v) is 3.80. The smallest absolute Gasteiger partial charge is 0.306 e. The van der Waals surface area contributed by atoms with E-state index >= 15 is 0 Å². The van der Waals surface area contributed by atoms with E-state index in [1.807, 2.05) is 24.3 Å². The molecule has 0 aromatic heterocycles. The summed E-state index contributed by atoms with van der Waals surface area (Å²) in [6.07, 6.45) is -0.259. The Morgan fingerprint density at radius 2 is 1.92 bits per heavy atom. The summed E-state index contributed by atoms with van der Waals surface area (Å²) in [5.74, 6) is -0.130. The van der Waals surface area contributed by atoms with Gasteiger partial charge in [0.25, 0.3) is 5.91 Å². The largest absolute Gasteiger partial charge is 0.496 e. The first-order chi connectivity index (χ1) is 12.0. The van der Waals surface area contributed by atoms with Crippen molar-refractivity contribution < 1.29 is 19.1 Å². The van der Waals surface area contributed by atoms with Crippen molar-refractivity contribution in [3.05, 3.63) is 59.1 Å². The lowest BCUT2D eigenvalue weighted by Gasteiger charge is -2.14. The SMILES string of the molecule is COc1ccccc1CCC(=O)OC(C)C(=O)Nc1cccc(Cl)c1. The Kier molecular flexibility index (Phi) is 6.83. The molecule has 6 heteroatoms. The van der Waals surface area contributed by atoms with E-state index in [9.17, 15) is 9.59 Å². The Balaban J connectivity index is 1.84. The summed E-state index contributed by atoms with van der Waals surface area (Å²) in [4.78, 5) is 24.1. The molecular formula is C19H20ClNO4. The van der Waals surface area contributed by atoms with E-state index in [4.69, 9.17) is 21.1 Å². The molecule has 1 atom stereocenters. The van der Waals surface area contributed by atoms with Gasteiger partial charge in [-0.3, -0.25) is 9.59 Å². The Morgan fingerprint density at radius 1 is 1.16 bits per heavy atom. The van der Waals surface area contributed by atoms with Crippen molar-refractivity contribution in [2.75, 3.05) is 12.4 Å².